The molecule has 2 atom stereocenters. The summed E-state index contributed by atoms with van der Waals surface area (Å²) in [6.45, 7) is 12.1. The second-order valence-corrected chi connectivity index (χ2v) is 8.47. The van der Waals surface area contributed by atoms with Crippen molar-refractivity contribution in [1.29, 1.82) is 0 Å². The number of esters is 1. The predicted molar refractivity (Wildman–Crippen MR) is 91.1 cm³/mol. The predicted octanol–water partition coefficient (Wildman–Crippen LogP) is 1.68. The van der Waals surface area contributed by atoms with Gasteiger partial charge in [-0.25, -0.2) is 14.4 Å². The lowest BCUT2D eigenvalue weighted by Crippen LogP contribution is -2.63. The molecule has 2 aliphatic rings. The van der Waals surface area contributed by atoms with Crippen molar-refractivity contribution in [2.45, 2.75) is 64.8 Å². The molecule has 0 aromatic rings. The zero-order chi connectivity index (χ0) is 19.2. The normalized spacial score (nSPS) is 24.3. The molecule has 2 aliphatic heterocycles. The highest BCUT2D eigenvalue weighted by molar-refractivity contribution is 5.86. The molecule has 2 fully saturated rings. The van der Waals surface area contributed by atoms with Gasteiger partial charge in [-0.2, -0.15) is 0 Å². The Morgan fingerprint density at radius 2 is 1.68 bits per heavy atom. The van der Waals surface area contributed by atoms with Crippen LogP contribution in [0.2, 0.25) is 0 Å². The molecule has 0 N–H and O–H groups in total. The van der Waals surface area contributed by atoms with Gasteiger partial charge in [0.25, 0.3) is 0 Å². The fourth-order valence-electron chi connectivity index (χ4n) is 3.25. The highest BCUT2D eigenvalue weighted by Gasteiger charge is 2.53. The number of ether oxygens (including phenoxy) is 2. The summed E-state index contributed by atoms with van der Waals surface area (Å²) in [6, 6.07) is -1.43. The number of rotatable bonds is 1. The summed E-state index contributed by atoms with van der Waals surface area (Å²) >= 11 is 0. The van der Waals surface area contributed by atoms with E-state index in [9.17, 15) is 14.4 Å². The molecule has 0 aliphatic carbocycles. The first-order valence-electron chi connectivity index (χ1n) is 8.52. The minimum absolute atomic E-state index is 0.116. The third kappa shape index (κ3) is 3.82. The lowest BCUT2D eigenvalue weighted by atomic mass is 10.0. The molecule has 0 saturated carbocycles. The SMILES string of the molecule is COC(=O)C1C2CN(C(C)(C)C)C(=O)N2CCN1C(=O)OC(C)(C)C. The Bertz CT molecular complexity index is 564. The molecule has 0 bridgehead atoms. The first kappa shape index (κ1) is 19.3. The van der Waals surface area contributed by atoms with Crippen molar-refractivity contribution in [2.24, 2.45) is 0 Å². The molecule has 0 radical (unpaired) electrons. The molecule has 0 aromatic carbocycles. The second kappa shape index (κ2) is 6.38. The summed E-state index contributed by atoms with van der Waals surface area (Å²) in [5, 5.41) is 0. The Hall–Kier alpha value is -1.99. The molecule has 0 aromatic heterocycles. The van der Waals surface area contributed by atoms with Crippen molar-refractivity contribution < 1.29 is 23.9 Å². The smallest absolute Gasteiger partial charge is 0.411 e. The Morgan fingerprint density at radius 1 is 1.08 bits per heavy atom. The number of hydrogen-bond acceptors (Lipinski definition) is 5. The van der Waals surface area contributed by atoms with E-state index in [-0.39, 0.29) is 18.1 Å². The maximum Gasteiger partial charge on any atom is 0.411 e. The van der Waals surface area contributed by atoms with Gasteiger partial charge in [0, 0.05) is 25.2 Å². The van der Waals surface area contributed by atoms with Crippen LogP contribution in [0.15, 0.2) is 0 Å². The molecule has 0 spiro atoms. The van der Waals surface area contributed by atoms with Crippen LogP contribution in [0.4, 0.5) is 9.59 Å². The molecular formula is C17H29N3O5. The maximum absolute atomic E-state index is 12.7. The third-order valence-electron chi connectivity index (χ3n) is 4.41. The first-order valence-corrected chi connectivity index (χ1v) is 8.52. The number of carbonyl (C=O) groups excluding carboxylic acids is 3. The third-order valence-corrected chi connectivity index (χ3v) is 4.41. The molecule has 2 unspecified atom stereocenters. The number of fused-ring (bicyclic) bond motifs is 1. The Kier molecular flexibility index (Phi) is 4.94. The fraction of sp³-hybridized carbons (Fsp3) is 0.824. The van der Waals surface area contributed by atoms with Gasteiger partial charge < -0.3 is 19.3 Å². The number of carbonyl (C=O) groups is 3. The minimum atomic E-state index is -0.870. The van der Waals surface area contributed by atoms with E-state index >= 15 is 0 Å². The average molecular weight is 355 g/mol. The summed E-state index contributed by atoms with van der Waals surface area (Å²) in [7, 11) is 1.28. The lowest BCUT2D eigenvalue weighted by molar-refractivity contribution is -0.150. The van der Waals surface area contributed by atoms with Gasteiger partial charge in [-0.15, -0.1) is 0 Å². The van der Waals surface area contributed by atoms with Crippen LogP contribution < -0.4 is 0 Å². The summed E-state index contributed by atoms with van der Waals surface area (Å²) in [5.74, 6) is -0.538. The Morgan fingerprint density at radius 3 is 2.16 bits per heavy atom. The van der Waals surface area contributed by atoms with Crippen LogP contribution in [0.1, 0.15) is 41.5 Å². The molecule has 8 nitrogen and oxygen atoms in total. The van der Waals surface area contributed by atoms with Crippen LogP contribution >= 0.6 is 0 Å². The van der Waals surface area contributed by atoms with Gasteiger partial charge in [0.1, 0.15) is 5.60 Å². The van der Waals surface area contributed by atoms with Crippen LogP contribution in [0.5, 0.6) is 0 Å². The monoisotopic (exact) mass is 355 g/mol. The van der Waals surface area contributed by atoms with Gasteiger partial charge >= 0.3 is 18.1 Å². The molecule has 25 heavy (non-hydrogen) atoms. The van der Waals surface area contributed by atoms with E-state index in [1.807, 2.05) is 20.8 Å². The Balaban J connectivity index is 2.31. The van der Waals surface area contributed by atoms with Gasteiger partial charge in [0.15, 0.2) is 6.04 Å². The quantitative estimate of drug-likeness (QED) is 0.669. The van der Waals surface area contributed by atoms with Crippen LogP contribution in [0, 0.1) is 0 Å². The van der Waals surface area contributed by atoms with Crippen LogP contribution in [0.3, 0.4) is 0 Å². The highest BCUT2D eigenvalue weighted by Crippen LogP contribution is 2.31. The molecule has 2 rings (SSSR count). The number of methoxy groups -OCH3 is 1. The van der Waals surface area contributed by atoms with Gasteiger partial charge in [-0.1, -0.05) is 0 Å². The van der Waals surface area contributed by atoms with Crippen LogP contribution in [-0.2, 0) is 14.3 Å². The number of nitrogens with zero attached hydrogens (tertiary/aromatic N) is 3. The van der Waals surface area contributed by atoms with Crippen LogP contribution in [0.25, 0.3) is 0 Å². The standard InChI is InChI=1S/C17H29N3O5/c1-16(2,3)20-10-11-12(13(21)24-7)19(9-8-18(11)14(20)22)15(23)25-17(4,5)6/h11-12H,8-10H2,1-7H3. The zero-order valence-corrected chi connectivity index (χ0v) is 16.2. The topological polar surface area (TPSA) is 79.4 Å². The first-order chi connectivity index (χ1) is 11.4. The molecule has 3 amide bonds. The van der Waals surface area contributed by atoms with Gasteiger partial charge in [0.05, 0.1) is 13.2 Å². The zero-order valence-electron chi connectivity index (χ0n) is 16.2. The van der Waals surface area contributed by atoms with E-state index in [2.05, 4.69) is 0 Å². The molecule has 8 heteroatoms. The Labute approximate surface area is 149 Å². The summed E-state index contributed by atoms with van der Waals surface area (Å²) in [4.78, 5) is 42.5. The van der Waals surface area contributed by atoms with E-state index in [0.29, 0.717) is 13.1 Å². The van der Waals surface area contributed by atoms with Crippen LogP contribution in [-0.4, -0.2) is 82.8 Å². The second-order valence-electron chi connectivity index (χ2n) is 8.47. The van der Waals surface area contributed by atoms with E-state index < -0.39 is 29.7 Å². The van der Waals surface area contributed by atoms with Gasteiger partial charge in [-0.3, -0.25) is 4.90 Å². The number of piperazine rings is 1. The average Bonchev–Trinajstić information content (AvgIpc) is 2.81. The largest absolute Gasteiger partial charge is 0.467 e. The lowest BCUT2D eigenvalue weighted by Gasteiger charge is -2.42. The molecule has 142 valence electrons. The summed E-state index contributed by atoms with van der Waals surface area (Å²) < 4.78 is 10.4. The highest BCUT2D eigenvalue weighted by atomic mass is 16.6. The van der Waals surface area contributed by atoms with E-state index in [1.165, 1.54) is 12.0 Å². The molecular weight excluding hydrogens is 326 g/mol. The molecule has 2 saturated heterocycles. The van der Waals surface area contributed by atoms with Crippen molar-refractivity contribution in [3.63, 3.8) is 0 Å². The number of urea groups is 1. The van der Waals surface area contributed by atoms with E-state index in [0.717, 1.165) is 0 Å². The van der Waals surface area contributed by atoms with Crippen molar-refractivity contribution in [3.8, 4) is 0 Å². The fourth-order valence-corrected chi connectivity index (χ4v) is 3.25. The minimum Gasteiger partial charge on any atom is -0.467 e. The maximum atomic E-state index is 12.7. The van der Waals surface area contributed by atoms with E-state index in [1.54, 1.807) is 30.6 Å². The van der Waals surface area contributed by atoms with Gasteiger partial charge in [-0.05, 0) is 41.5 Å². The number of amides is 3. The van der Waals surface area contributed by atoms with E-state index in [4.69, 9.17) is 9.47 Å². The molecule has 2 heterocycles. The number of hydrogen-bond donors (Lipinski definition) is 0. The summed E-state index contributed by atoms with van der Waals surface area (Å²) in [6.07, 6.45) is -0.566. The van der Waals surface area contributed by atoms with Crippen molar-refractivity contribution in [3.05, 3.63) is 0 Å². The van der Waals surface area contributed by atoms with Crippen molar-refractivity contribution in [2.75, 3.05) is 26.7 Å². The van der Waals surface area contributed by atoms with Gasteiger partial charge in [0.2, 0.25) is 0 Å². The van der Waals surface area contributed by atoms with Crippen molar-refractivity contribution >= 4 is 18.1 Å². The summed E-state index contributed by atoms with van der Waals surface area (Å²) in [5.41, 5.74) is -1.04. The van der Waals surface area contributed by atoms with Crippen molar-refractivity contribution in [1.82, 2.24) is 14.7 Å².